The first-order valence-electron chi connectivity index (χ1n) is 11.1. The van der Waals surface area contributed by atoms with E-state index in [2.05, 4.69) is 16.7 Å². The number of nitrogens with one attached hydrogen (secondary N) is 2. The highest BCUT2D eigenvalue weighted by atomic mass is 19.3. The van der Waals surface area contributed by atoms with Crippen molar-refractivity contribution >= 4 is 11.7 Å². The van der Waals surface area contributed by atoms with E-state index in [-0.39, 0.29) is 11.7 Å². The Labute approximate surface area is 193 Å². The molecule has 1 aliphatic rings. The number of halogens is 2. The fraction of sp³-hybridized carbons (Fsp3) is 0.423. The van der Waals surface area contributed by atoms with E-state index in [4.69, 9.17) is 0 Å². The maximum atomic E-state index is 13.9. The van der Waals surface area contributed by atoms with Crippen LogP contribution in [0, 0.1) is 17.2 Å². The summed E-state index contributed by atoms with van der Waals surface area (Å²) in [4.78, 5) is 24.4. The van der Waals surface area contributed by atoms with Crippen LogP contribution in [0.3, 0.4) is 0 Å². The van der Waals surface area contributed by atoms with E-state index < -0.39 is 30.0 Å². The van der Waals surface area contributed by atoms with Gasteiger partial charge in [0.15, 0.2) is 5.78 Å². The number of amides is 1. The van der Waals surface area contributed by atoms with Crippen molar-refractivity contribution in [3.63, 3.8) is 0 Å². The topological polar surface area (TPSA) is 82.0 Å². The normalized spacial score (nSPS) is 16.2. The first-order valence-corrected chi connectivity index (χ1v) is 11.1. The Balaban J connectivity index is 1.75. The van der Waals surface area contributed by atoms with Crippen LogP contribution in [0.15, 0.2) is 48.5 Å². The molecule has 0 unspecified atom stereocenters. The lowest BCUT2D eigenvalue weighted by atomic mass is 9.98. The predicted molar refractivity (Wildman–Crippen MR) is 123 cm³/mol. The van der Waals surface area contributed by atoms with E-state index in [9.17, 15) is 23.6 Å². The van der Waals surface area contributed by atoms with Crippen molar-refractivity contribution in [2.75, 3.05) is 0 Å². The summed E-state index contributed by atoms with van der Waals surface area (Å²) in [5.41, 5.74) is 1.85. The van der Waals surface area contributed by atoms with Gasteiger partial charge in [-0.05, 0) is 48.8 Å². The number of ketones is 1. The lowest BCUT2D eigenvalue weighted by Gasteiger charge is -2.26. The highest BCUT2D eigenvalue weighted by Crippen LogP contribution is 2.35. The molecule has 2 atom stereocenters. The molecule has 0 saturated heterocycles. The van der Waals surface area contributed by atoms with Crippen LogP contribution in [0.1, 0.15) is 62.0 Å². The minimum atomic E-state index is -2.79. The third-order valence-corrected chi connectivity index (χ3v) is 5.88. The predicted octanol–water partition coefficient (Wildman–Crippen LogP) is 5.04. The monoisotopic (exact) mass is 453 g/mol. The Morgan fingerprint density at radius 3 is 2.00 bits per heavy atom. The summed E-state index contributed by atoms with van der Waals surface area (Å²) >= 11 is 0. The number of rotatable bonds is 10. The molecule has 33 heavy (non-hydrogen) atoms. The van der Waals surface area contributed by atoms with Gasteiger partial charge in [-0.15, -0.1) is 0 Å². The molecule has 5 nitrogen and oxygen atoms in total. The van der Waals surface area contributed by atoms with Gasteiger partial charge in [-0.3, -0.25) is 14.9 Å². The molecule has 0 aliphatic heterocycles. The Hall–Kier alpha value is -3.11. The number of nitrogens with zero attached hydrogens (tertiary/aromatic N) is 1. The molecule has 2 N–H and O–H groups in total. The van der Waals surface area contributed by atoms with E-state index >= 15 is 0 Å². The van der Waals surface area contributed by atoms with Crippen LogP contribution in [0.25, 0.3) is 11.1 Å². The number of benzene rings is 2. The van der Waals surface area contributed by atoms with E-state index in [0.717, 1.165) is 11.1 Å². The van der Waals surface area contributed by atoms with Crippen LogP contribution in [0.2, 0.25) is 0 Å². The van der Waals surface area contributed by atoms with Crippen molar-refractivity contribution < 1.29 is 18.4 Å². The van der Waals surface area contributed by atoms with Crippen molar-refractivity contribution in [3.8, 4) is 17.2 Å². The highest BCUT2D eigenvalue weighted by Gasteiger charge is 2.46. The number of Topliss-reactive ketones (excluding diaryl/α,β-unsaturated/α-hetero) is 1. The highest BCUT2D eigenvalue weighted by molar-refractivity contribution is 5.94. The second-order valence-corrected chi connectivity index (χ2v) is 9.10. The maximum Gasteiger partial charge on any atom is 0.262 e. The lowest BCUT2D eigenvalue weighted by Crippen LogP contribution is -2.51. The summed E-state index contributed by atoms with van der Waals surface area (Å²) in [7, 11) is 0. The first kappa shape index (κ1) is 24.5. The molecule has 2 aromatic rings. The smallest absolute Gasteiger partial charge is 0.262 e. The van der Waals surface area contributed by atoms with Gasteiger partial charge >= 0.3 is 0 Å². The van der Waals surface area contributed by atoms with Crippen LogP contribution < -0.4 is 10.6 Å². The SMILES string of the molecule is CC(=O)c1ccc(-c2ccc([C@H](NC(=O)[C@H](CC(C)C)NC3(C#N)CC3)C(F)F)cc2)cc1. The summed E-state index contributed by atoms with van der Waals surface area (Å²) < 4.78 is 27.8. The lowest BCUT2D eigenvalue weighted by molar-refractivity contribution is -0.125. The summed E-state index contributed by atoms with van der Waals surface area (Å²) in [6, 6.07) is 13.7. The quantitative estimate of drug-likeness (QED) is 0.494. The van der Waals surface area contributed by atoms with Crippen LogP contribution in [-0.4, -0.2) is 29.7 Å². The standard InChI is InChI=1S/C26H29F2N3O2/c1-16(2)14-22(31-26(15-29)12-13-26)25(33)30-23(24(27)28)21-10-8-20(9-11-21)19-6-4-18(5-7-19)17(3)32/h4-11,16,22-24,31H,12-14H2,1-3H3,(H,30,33)/t22-,23-/m0/s1. The average Bonchev–Trinajstić information content (AvgIpc) is 3.56. The Bertz CT molecular complexity index is 1020. The van der Waals surface area contributed by atoms with Gasteiger partial charge < -0.3 is 5.32 Å². The summed E-state index contributed by atoms with van der Waals surface area (Å²) in [5.74, 6) is -0.402. The molecule has 0 radical (unpaired) electrons. The Morgan fingerprint density at radius 1 is 1.03 bits per heavy atom. The van der Waals surface area contributed by atoms with Gasteiger partial charge in [0.05, 0.1) is 12.1 Å². The van der Waals surface area contributed by atoms with Gasteiger partial charge in [0, 0.05) is 5.56 Å². The molecule has 0 aromatic heterocycles. The number of alkyl halides is 2. The second kappa shape index (κ2) is 10.2. The van der Waals surface area contributed by atoms with E-state index in [1.54, 1.807) is 36.4 Å². The number of hydrogen-bond acceptors (Lipinski definition) is 4. The minimum Gasteiger partial charge on any atom is -0.342 e. The Morgan fingerprint density at radius 2 is 1.58 bits per heavy atom. The molecule has 7 heteroatoms. The molecule has 1 saturated carbocycles. The van der Waals surface area contributed by atoms with Gasteiger partial charge in [0.1, 0.15) is 11.6 Å². The molecule has 0 heterocycles. The zero-order chi connectivity index (χ0) is 24.2. The first-order chi connectivity index (χ1) is 15.6. The average molecular weight is 454 g/mol. The fourth-order valence-electron chi connectivity index (χ4n) is 3.78. The van der Waals surface area contributed by atoms with Gasteiger partial charge in [-0.2, -0.15) is 5.26 Å². The van der Waals surface area contributed by atoms with Crippen molar-refractivity contribution in [1.29, 1.82) is 5.26 Å². The molecular weight excluding hydrogens is 424 g/mol. The molecule has 3 rings (SSSR count). The number of carbonyl (C=O) groups excluding carboxylic acids is 2. The van der Waals surface area contributed by atoms with E-state index in [1.165, 1.54) is 6.92 Å². The van der Waals surface area contributed by atoms with Crippen LogP contribution in [0.4, 0.5) is 8.78 Å². The van der Waals surface area contributed by atoms with Crippen molar-refractivity contribution in [2.24, 2.45) is 5.92 Å². The van der Waals surface area contributed by atoms with Gasteiger partial charge in [0.2, 0.25) is 5.91 Å². The van der Waals surface area contributed by atoms with Crippen LogP contribution in [0.5, 0.6) is 0 Å². The molecular formula is C26H29F2N3O2. The van der Waals surface area contributed by atoms with E-state index in [1.807, 2.05) is 26.0 Å². The molecule has 1 amide bonds. The van der Waals surface area contributed by atoms with Crippen molar-refractivity contribution in [2.45, 2.75) is 64.1 Å². The molecule has 174 valence electrons. The van der Waals surface area contributed by atoms with Crippen LogP contribution >= 0.6 is 0 Å². The van der Waals surface area contributed by atoms with Gasteiger partial charge in [0.25, 0.3) is 6.43 Å². The largest absolute Gasteiger partial charge is 0.342 e. The van der Waals surface area contributed by atoms with Gasteiger partial charge in [-0.1, -0.05) is 62.4 Å². The third-order valence-electron chi connectivity index (χ3n) is 5.88. The zero-order valence-electron chi connectivity index (χ0n) is 19.1. The second-order valence-electron chi connectivity index (χ2n) is 9.10. The van der Waals surface area contributed by atoms with E-state index in [0.29, 0.717) is 30.4 Å². The molecule has 1 fully saturated rings. The summed E-state index contributed by atoms with van der Waals surface area (Å²) in [5, 5.41) is 14.9. The fourth-order valence-corrected chi connectivity index (χ4v) is 3.78. The number of carbonyl (C=O) groups is 2. The van der Waals surface area contributed by atoms with Gasteiger partial charge in [-0.25, -0.2) is 8.78 Å². The zero-order valence-corrected chi connectivity index (χ0v) is 19.1. The number of hydrogen-bond donors (Lipinski definition) is 2. The molecule has 0 spiro atoms. The van der Waals surface area contributed by atoms with Crippen LogP contribution in [-0.2, 0) is 4.79 Å². The van der Waals surface area contributed by atoms with Crippen molar-refractivity contribution in [1.82, 2.24) is 10.6 Å². The maximum absolute atomic E-state index is 13.9. The molecule has 2 aromatic carbocycles. The summed E-state index contributed by atoms with van der Waals surface area (Å²) in [6.07, 6.45) is -1.04. The Kier molecular flexibility index (Phi) is 7.60. The third kappa shape index (κ3) is 6.23. The summed E-state index contributed by atoms with van der Waals surface area (Å²) in [6.45, 7) is 5.38. The molecule has 1 aliphatic carbocycles. The molecule has 0 bridgehead atoms. The van der Waals surface area contributed by atoms with Crippen molar-refractivity contribution in [3.05, 3.63) is 59.7 Å². The minimum absolute atomic E-state index is 0.0277. The number of nitriles is 1.